The largest absolute Gasteiger partial charge is 0.493 e. The molecule has 0 saturated carbocycles. The first-order valence-corrected chi connectivity index (χ1v) is 7.12. The number of halogens is 1. The molecule has 0 aliphatic rings. The first-order chi connectivity index (χ1) is 9.47. The Morgan fingerprint density at radius 3 is 2.80 bits per heavy atom. The third kappa shape index (κ3) is 4.71. The number of nitrogens with one attached hydrogen (secondary N) is 1. The number of benzene rings is 1. The molecular weight excluding hydrogens is 320 g/mol. The maximum absolute atomic E-state index is 11.9. The van der Waals surface area contributed by atoms with Gasteiger partial charge in [-0.2, -0.15) is 5.26 Å². The average molecular weight is 337 g/mol. The number of amides is 1. The van der Waals surface area contributed by atoms with Crippen molar-refractivity contribution in [2.45, 2.75) is 26.8 Å². The molecule has 0 unspecified atom stereocenters. The summed E-state index contributed by atoms with van der Waals surface area (Å²) in [6.07, 6.45) is 1.54. The first kappa shape index (κ1) is 16.3. The van der Waals surface area contributed by atoms with Gasteiger partial charge in [0.05, 0.1) is 6.61 Å². The summed E-state index contributed by atoms with van der Waals surface area (Å²) in [7, 11) is 0. The highest BCUT2D eigenvalue weighted by atomic mass is 79.9. The molecule has 0 aromatic heterocycles. The van der Waals surface area contributed by atoms with Crippen LogP contribution in [0.4, 0.5) is 0 Å². The SMILES string of the molecule is CCOc1ccc(Br)cc1C=C(C#N)C(=O)NC(C)C. The smallest absolute Gasteiger partial charge is 0.262 e. The fourth-order valence-corrected chi connectivity index (χ4v) is 1.94. The Hall–Kier alpha value is -1.80. The molecule has 0 bridgehead atoms. The summed E-state index contributed by atoms with van der Waals surface area (Å²) in [4.78, 5) is 11.9. The van der Waals surface area contributed by atoms with Crippen LogP contribution in [0.25, 0.3) is 6.08 Å². The standard InChI is InChI=1S/C15H17BrN2O2/c1-4-20-14-6-5-13(16)8-11(14)7-12(9-17)15(19)18-10(2)3/h5-8,10H,4H2,1-3H3,(H,18,19). The zero-order chi connectivity index (χ0) is 15.1. The molecule has 0 aliphatic heterocycles. The minimum absolute atomic E-state index is 0.0203. The monoisotopic (exact) mass is 336 g/mol. The maximum atomic E-state index is 11.9. The van der Waals surface area contributed by atoms with Gasteiger partial charge in [0.25, 0.3) is 5.91 Å². The number of hydrogen-bond acceptors (Lipinski definition) is 3. The van der Waals surface area contributed by atoms with Crippen molar-refractivity contribution in [1.82, 2.24) is 5.32 Å². The summed E-state index contributed by atoms with van der Waals surface area (Å²) >= 11 is 3.37. The molecule has 0 spiro atoms. The van der Waals surface area contributed by atoms with Crippen molar-refractivity contribution in [3.05, 3.63) is 33.8 Å². The molecule has 1 rings (SSSR count). The van der Waals surface area contributed by atoms with E-state index < -0.39 is 0 Å². The summed E-state index contributed by atoms with van der Waals surface area (Å²) in [5.41, 5.74) is 0.745. The van der Waals surface area contributed by atoms with Crippen LogP contribution in [0, 0.1) is 11.3 Å². The van der Waals surface area contributed by atoms with Gasteiger partial charge in [0.1, 0.15) is 17.4 Å². The van der Waals surface area contributed by atoms with Gasteiger partial charge in [0.2, 0.25) is 0 Å². The molecule has 0 fully saturated rings. The van der Waals surface area contributed by atoms with Gasteiger partial charge in [-0.15, -0.1) is 0 Å². The second-order valence-electron chi connectivity index (χ2n) is 4.41. The zero-order valence-corrected chi connectivity index (χ0v) is 13.3. The van der Waals surface area contributed by atoms with Crippen LogP contribution in [0.5, 0.6) is 5.75 Å². The fraction of sp³-hybridized carbons (Fsp3) is 0.333. The second-order valence-corrected chi connectivity index (χ2v) is 5.33. The van der Waals surface area contributed by atoms with Crippen LogP contribution in [-0.2, 0) is 4.79 Å². The number of carbonyl (C=O) groups is 1. The Kier molecular flexibility index (Phi) is 6.26. The lowest BCUT2D eigenvalue weighted by Crippen LogP contribution is -2.30. The fourth-order valence-electron chi connectivity index (χ4n) is 1.56. The van der Waals surface area contributed by atoms with Crippen molar-refractivity contribution in [1.29, 1.82) is 5.26 Å². The van der Waals surface area contributed by atoms with Crippen molar-refractivity contribution in [2.75, 3.05) is 6.61 Å². The van der Waals surface area contributed by atoms with Crippen molar-refractivity contribution >= 4 is 27.9 Å². The first-order valence-electron chi connectivity index (χ1n) is 6.33. The topological polar surface area (TPSA) is 62.1 Å². The molecule has 5 heteroatoms. The highest BCUT2D eigenvalue weighted by molar-refractivity contribution is 9.10. The summed E-state index contributed by atoms with van der Waals surface area (Å²) < 4.78 is 6.35. The van der Waals surface area contributed by atoms with Gasteiger partial charge in [0, 0.05) is 16.1 Å². The van der Waals surface area contributed by atoms with Crippen molar-refractivity contribution in [3.63, 3.8) is 0 Å². The van der Waals surface area contributed by atoms with Crippen LogP contribution in [0.3, 0.4) is 0 Å². The average Bonchev–Trinajstić information content (AvgIpc) is 2.38. The predicted octanol–water partition coefficient (Wildman–Crippen LogP) is 3.28. The van der Waals surface area contributed by atoms with Crippen LogP contribution in [0.2, 0.25) is 0 Å². The van der Waals surface area contributed by atoms with Gasteiger partial charge < -0.3 is 10.1 Å². The quantitative estimate of drug-likeness (QED) is 0.662. The molecule has 0 atom stereocenters. The van der Waals surface area contributed by atoms with Gasteiger partial charge in [-0.25, -0.2) is 0 Å². The van der Waals surface area contributed by atoms with Crippen LogP contribution < -0.4 is 10.1 Å². The van der Waals surface area contributed by atoms with E-state index in [0.717, 1.165) is 4.47 Å². The summed E-state index contributed by atoms with van der Waals surface area (Å²) in [5, 5.41) is 11.8. The van der Waals surface area contributed by atoms with E-state index in [0.29, 0.717) is 17.9 Å². The van der Waals surface area contributed by atoms with Crippen LogP contribution in [0.15, 0.2) is 28.2 Å². The lowest BCUT2D eigenvalue weighted by molar-refractivity contribution is -0.117. The molecule has 1 N–H and O–H groups in total. The molecule has 0 saturated heterocycles. The van der Waals surface area contributed by atoms with Crippen molar-refractivity contribution in [3.8, 4) is 11.8 Å². The van der Waals surface area contributed by atoms with E-state index in [1.165, 1.54) is 6.08 Å². The van der Waals surface area contributed by atoms with E-state index in [1.807, 2.05) is 39.0 Å². The minimum atomic E-state index is -0.384. The molecule has 1 aromatic carbocycles. The van der Waals surface area contributed by atoms with E-state index in [-0.39, 0.29) is 17.5 Å². The second kappa shape index (κ2) is 7.71. The third-order valence-electron chi connectivity index (χ3n) is 2.36. The van der Waals surface area contributed by atoms with Crippen molar-refractivity contribution in [2.24, 2.45) is 0 Å². The van der Waals surface area contributed by atoms with Crippen LogP contribution in [0.1, 0.15) is 26.3 Å². The number of nitrogens with zero attached hydrogens (tertiary/aromatic N) is 1. The normalized spacial score (nSPS) is 11.1. The molecular formula is C15H17BrN2O2. The minimum Gasteiger partial charge on any atom is -0.493 e. The lowest BCUT2D eigenvalue weighted by atomic mass is 10.1. The molecule has 1 aromatic rings. The van der Waals surface area contributed by atoms with Crippen LogP contribution >= 0.6 is 15.9 Å². The zero-order valence-electron chi connectivity index (χ0n) is 11.7. The Balaban J connectivity index is 3.15. The molecule has 0 aliphatic carbocycles. The highest BCUT2D eigenvalue weighted by Crippen LogP contribution is 2.25. The van der Waals surface area contributed by atoms with Gasteiger partial charge in [0.15, 0.2) is 0 Å². The Morgan fingerprint density at radius 1 is 1.55 bits per heavy atom. The summed E-state index contributed by atoms with van der Waals surface area (Å²) in [6.45, 7) is 6.09. The number of hydrogen-bond donors (Lipinski definition) is 1. The molecule has 20 heavy (non-hydrogen) atoms. The number of rotatable bonds is 5. The van der Waals surface area contributed by atoms with E-state index in [2.05, 4.69) is 21.2 Å². The van der Waals surface area contributed by atoms with Gasteiger partial charge in [-0.05, 0) is 45.0 Å². The van der Waals surface area contributed by atoms with E-state index in [4.69, 9.17) is 10.00 Å². The molecule has 106 valence electrons. The predicted molar refractivity (Wildman–Crippen MR) is 82.2 cm³/mol. The Labute approximate surface area is 127 Å². The Bertz CT molecular complexity index is 559. The summed E-state index contributed by atoms with van der Waals surface area (Å²) in [5.74, 6) is 0.255. The van der Waals surface area contributed by atoms with E-state index in [1.54, 1.807) is 6.07 Å². The summed E-state index contributed by atoms with van der Waals surface area (Å²) in [6, 6.07) is 7.36. The number of ether oxygens (including phenoxy) is 1. The van der Waals surface area contributed by atoms with Crippen molar-refractivity contribution < 1.29 is 9.53 Å². The van der Waals surface area contributed by atoms with E-state index >= 15 is 0 Å². The van der Waals surface area contributed by atoms with Crippen LogP contribution in [-0.4, -0.2) is 18.6 Å². The molecule has 4 nitrogen and oxygen atoms in total. The number of nitriles is 1. The van der Waals surface area contributed by atoms with Gasteiger partial charge in [-0.3, -0.25) is 4.79 Å². The van der Waals surface area contributed by atoms with Gasteiger partial charge >= 0.3 is 0 Å². The number of carbonyl (C=O) groups excluding carboxylic acids is 1. The third-order valence-corrected chi connectivity index (χ3v) is 2.85. The lowest BCUT2D eigenvalue weighted by Gasteiger charge is -2.09. The maximum Gasteiger partial charge on any atom is 0.262 e. The molecule has 0 radical (unpaired) electrons. The highest BCUT2D eigenvalue weighted by Gasteiger charge is 2.12. The molecule has 1 amide bonds. The van der Waals surface area contributed by atoms with Gasteiger partial charge in [-0.1, -0.05) is 15.9 Å². The molecule has 0 heterocycles. The van der Waals surface area contributed by atoms with E-state index in [9.17, 15) is 4.79 Å². The Morgan fingerprint density at radius 2 is 2.25 bits per heavy atom.